The molecule has 1 aromatic carbocycles. The van der Waals surface area contributed by atoms with Crippen molar-refractivity contribution < 1.29 is 9.18 Å². The Hall–Kier alpha value is -2.73. The van der Waals surface area contributed by atoms with E-state index in [1.165, 1.54) is 24.1 Å². The summed E-state index contributed by atoms with van der Waals surface area (Å²) >= 11 is 0. The van der Waals surface area contributed by atoms with Crippen molar-refractivity contribution in [2.45, 2.75) is 45.1 Å². The first-order chi connectivity index (χ1) is 14.9. The lowest BCUT2D eigenvalue weighted by Crippen LogP contribution is -2.33. The van der Waals surface area contributed by atoms with Crippen LogP contribution in [0.5, 0.6) is 0 Å². The monoisotopic (exact) mass is 422 g/mol. The fourth-order valence-corrected chi connectivity index (χ4v) is 4.49. The molecule has 1 fully saturated rings. The minimum absolute atomic E-state index is 0.0187. The van der Waals surface area contributed by atoms with Gasteiger partial charge in [-0.1, -0.05) is 0 Å². The van der Waals surface area contributed by atoms with Gasteiger partial charge in [0.25, 0.3) is 5.91 Å². The molecule has 1 aliphatic heterocycles. The molecule has 1 atom stereocenters. The number of halogens is 1. The summed E-state index contributed by atoms with van der Waals surface area (Å²) in [5.41, 5.74) is 3.29. The molecule has 0 bridgehead atoms. The largest absolute Gasteiger partial charge is 0.339 e. The normalized spacial score (nSPS) is 17.8. The number of amides is 1. The van der Waals surface area contributed by atoms with Gasteiger partial charge in [0.15, 0.2) is 0 Å². The van der Waals surface area contributed by atoms with Crippen LogP contribution >= 0.6 is 0 Å². The van der Waals surface area contributed by atoms with Crippen LogP contribution in [-0.2, 0) is 0 Å². The van der Waals surface area contributed by atoms with Crippen molar-refractivity contribution in [3.8, 4) is 5.69 Å². The maximum atomic E-state index is 14.2. The third kappa shape index (κ3) is 4.22. The molecule has 3 heterocycles. The van der Waals surface area contributed by atoms with E-state index in [4.69, 9.17) is 0 Å². The molecule has 31 heavy (non-hydrogen) atoms. The highest BCUT2D eigenvalue weighted by atomic mass is 19.1. The Morgan fingerprint density at radius 1 is 1.23 bits per heavy atom. The fourth-order valence-electron chi connectivity index (χ4n) is 4.49. The predicted molar refractivity (Wildman–Crippen MR) is 122 cm³/mol. The summed E-state index contributed by atoms with van der Waals surface area (Å²) in [7, 11) is 3.93. The molecule has 2 aromatic heterocycles. The van der Waals surface area contributed by atoms with Gasteiger partial charge in [0.1, 0.15) is 5.82 Å². The molecule has 0 N–H and O–H groups in total. The Bertz CT molecular complexity index is 1090. The summed E-state index contributed by atoms with van der Waals surface area (Å²) in [5.74, 6) is -0.146. The minimum atomic E-state index is -0.411. The zero-order valence-electron chi connectivity index (χ0n) is 18.8. The summed E-state index contributed by atoms with van der Waals surface area (Å²) in [6.07, 6.45) is 9.20. The van der Waals surface area contributed by atoms with Gasteiger partial charge in [-0.3, -0.25) is 9.78 Å². The number of hydrogen-bond acceptors (Lipinski definition) is 3. The molecular formula is C25H31FN4O. The maximum Gasteiger partial charge on any atom is 0.256 e. The quantitative estimate of drug-likeness (QED) is 0.604. The first-order valence-electron chi connectivity index (χ1n) is 11.1. The van der Waals surface area contributed by atoms with Crippen LogP contribution in [0.15, 0.2) is 42.9 Å². The van der Waals surface area contributed by atoms with Gasteiger partial charge < -0.3 is 14.4 Å². The summed E-state index contributed by atoms with van der Waals surface area (Å²) in [4.78, 5) is 21.6. The van der Waals surface area contributed by atoms with E-state index in [2.05, 4.69) is 29.2 Å². The van der Waals surface area contributed by atoms with E-state index in [-0.39, 0.29) is 11.9 Å². The van der Waals surface area contributed by atoms with Gasteiger partial charge in [0.05, 0.1) is 23.0 Å². The first-order valence-corrected chi connectivity index (χ1v) is 11.1. The molecule has 4 rings (SSSR count). The van der Waals surface area contributed by atoms with Crippen molar-refractivity contribution in [1.29, 1.82) is 0 Å². The topological polar surface area (TPSA) is 41.4 Å². The third-order valence-corrected chi connectivity index (χ3v) is 6.57. The molecule has 164 valence electrons. The number of hydrogen-bond donors (Lipinski definition) is 0. The van der Waals surface area contributed by atoms with Crippen molar-refractivity contribution in [2.75, 3.05) is 27.2 Å². The van der Waals surface area contributed by atoms with Gasteiger partial charge in [-0.05, 0) is 89.0 Å². The Kier molecular flexibility index (Phi) is 6.10. The number of rotatable bonds is 4. The second-order valence-corrected chi connectivity index (χ2v) is 8.95. The summed E-state index contributed by atoms with van der Waals surface area (Å²) in [6.45, 7) is 6.09. The van der Waals surface area contributed by atoms with Crippen molar-refractivity contribution in [3.63, 3.8) is 0 Å². The zero-order chi connectivity index (χ0) is 22.1. The minimum Gasteiger partial charge on any atom is -0.339 e. The van der Waals surface area contributed by atoms with Crippen LogP contribution in [0.3, 0.4) is 0 Å². The highest BCUT2D eigenvalue weighted by molar-refractivity contribution is 5.99. The van der Waals surface area contributed by atoms with E-state index in [9.17, 15) is 9.18 Å². The van der Waals surface area contributed by atoms with Crippen molar-refractivity contribution in [3.05, 3.63) is 59.8 Å². The highest BCUT2D eigenvalue weighted by Gasteiger charge is 2.24. The van der Waals surface area contributed by atoms with E-state index < -0.39 is 5.82 Å². The van der Waals surface area contributed by atoms with E-state index >= 15 is 0 Å². The van der Waals surface area contributed by atoms with E-state index in [1.54, 1.807) is 18.0 Å². The third-order valence-electron chi connectivity index (χ3n) is 6.57. The lowest BCUT2D eigenvalue weighted by Gasteiger charge is -2.23. The molecule has 3 aromatic rings. The van der Waals surface area contributed by atoms with Gasteiger partial charge in [0, 0.05) is 30.9 Å². The number of aromatic nitrogens is 2. The molecule has 5 nitrogen and oxygen atoms in total. The van der Waals surface area contributed by atoms with Gasteiger partial charge >= 0.3 is 0 Å². The Morgan fingerprint density at radius 2 is 2.03 bits per heavy atom. The number of carbonyl (C=O) groups excluding carboxylic acids is 1. The zero-order valence-corrected chi connectivity index (χ0v) is 18.8. The molecule has 0 saturated carbocycles. The maximum absolute atomic E-state index is 14.2. The van der Waals surface area contributed by atoms with Crippen LogP contribution in [0.1, 0.15) is 54.9 Å². The van der Waals surface area contributed by atoms with Crippen LogP contribution in [0.25, 0.3) is 16.6 Å². The van der Waals surface area contributed by atoms with E-state index in [0.29, 0.717) is 17.2 Å². The van der Waals surface area contributed by atoms with Gasteiger partial charge in [-0.25, -0.2) is 4.39 Å². The molecule has 1 saturated heterocycles. The van der Waals surface area contributed by atoms with Crippen molar-refractivity contribution >= 4 is 16.8 Å². The number of carbonyl (C=O) groups is 1. The predicted octanol–water partition coefficient (Wildman–Crippen LogP) is 4.84. The van der Waals surface area contributed by atoms with Gasteiger partial charge in [-0.15, -0.1) is 0 Å². The second kappa shape index (κ2) is 8.79. The highest BCUT2D eigenvalue weighted by Crippen LogP contribution is 2.36. The number of fused-ring (bicyclic) bond motifs is 1. The molecule has 6 heteroatoms. The van der Waals surface area contributed by atoms with E-state index in [0.717, 1.165) is 36.8 Å². The molecule has 1 aliphatic rings. The second-order valence-electron chi connectivity index (χ2n) is 8.95. The molecule has 0 aliphatic carbocycles. The number of likely N-dealkylation sites (tertiary alicyclic amines) is 1. The Balaban J connectivity index is 1.85. The Labute approximate surface area is 183 Å². The van der Waals surface area contributed by atoms with Crippen LogP contribution in [0.4, 0.5) is 4.39 Å². The number of pyridine rings is 1. The van der Waals surface area contributed by atoms with Crippen molar-refractivity contribution in [2.24, 2.45) is 0 Å². The lowest BCUT2D eigenvalue weighted by atomic mass is 9.92. The standard InChI is InChI=1S/C25H31FN4O/c1-17(2)29(4)25(31)21-14-19(26)7-8-23(21)30-16-22(20-9-11-27-15-24(20)30)18-6-5-12-28(3)13-10-18/h7-9,11,14-18H,5-6,10,12-13H2,1-4H3. The summed E-state index contributed by atoms with van der Waals surface area (Å²) in [6, 6.07) is 6.54. The average Bonchev–Trinajstić information content (AvgIpc) is 3.00. The van der Waals surface area contributed by atoms with Crippen LogP contribution in [-0.4, -0.2) is 58.5 Å². The van der Waals surface area contributed by atoms with Gasteiger partial charge in [0.2, 0.25) is 0 Å². The fraction of sp³-hybridized carbons (Fsp3) is 0.440. The smallest absolute Gasteiger partial charge is 0.256 e. The molecule has 0 spiro atoms. The summed E-state index contributed by atoms with van der Waals surface area (Å²) < 4.78 is 16.2. The van der Waals surface area contributed by atoms with Crippen LogP contribution in [0.2, 0.25) is 0 Å². The molecular weight excluding hydrogens is 391 g/mol. The molecule has 0 radical (unpaired) electrons. The Morgan fingerprint density at radius 3 is 2.81 bits per heavy atom. The van der Waals surface area contributed by atoms with Crippen LogP contribution < -0.4 is 0 Å². The number of nitrogens with zero attached hydrogens (tertiary/aromatic N) is 4. The average molecular weight is 423 g/mol. The summed E-state index contributed by atoms with van der Waals surface area (Å²) in [5, 5.41) is 1.16. The van der Waals surface area contributed by atoms with Crippen LogP contribution in [0, 0.1) is 5.82 Å². The molecule has 1 amide bonds. The van der Waals surface area contributed by atoms with Gasteiger partial charge in [-0.2, -0.15) is 0 Å². The first kappa shape index (κ1) is 21.5. The lowest BCUT2D eigenvalue weighted by molar-refractivity contribution is 0.0754. The molecule has 1 unspecified atom stereocenters. The SMILES string of the molecule is CC(C)N(C)C(=O)c1cc(F)ccc1-n1cc(C2CCCN(C)CC2)c2ccncc21. The van der Waals surface area contributed by atoms with Crippen molar-refractivity contribution in [1.82, 2.24) is 19.4 Å². The number of benzene rings is 1. The van der Waals surface area contributed by atoms with E-state index in [1.807, 2.05) is 30.8 Å².